The largest absolute Gasteiger partial charge is 0.400 e. The zero-order valence-corrected chi connectivity index (χ0v) is 70.9. The second-order valence-electron chi connectivity index (χ2n) is 31.5. The number of nitrogens with zero attached hydrogens (tertiary/aromatic N) is 22. The standard InChI is InChI=1S/C21H29N7O2.C16H19ClN6O.2C10H17N3O.C7H15NO.C6H3Cl2N3.C5H11NO.C3H2N4O4.CH4O.CH4.H2/c29-12-15-5-7-16(8-6-15)26-11-19(22-14-26)23-20-18-4-2-10-28(18)25-21(24-20)27-9-1-3-17(27)13-30;17-16-20-15(13-2-1-7-23(13)21-16)19-14-8-22(10-18-14)12-5-3-11(9-24)4-6-12;2*11-10-5-13(7-12-10)9-3-1-8(6-14)2-4-9;8-7-3-1-6(5-9)2-4-7;7-5-4-2-1-3-11(4)10-6(8)9-5;7-4-5-2-1-3-6-5;8-6(9)3-1-5(2-4-3)7(10)11;1-2;;/h2,4,10-11,14-17,29-30H,1,3,5-9,12-13H2,(H,23,24,25);1-2,7-8,10-12,24H,3-6,9H2,(H,19,20,21);2*5,7-9,14H,1-4,6,11H2;6-7,9H,1-5,8H2;1-3H;5-7H,1-4H2;1-2H;2H,1H3;1H4;1H/t15?,16?,17-;;;;;;5-;;;;/m0.....0..../s1. The lowest BCUT2D eigenvalue weighted by Crippen LogP contribution is -2.34. The minimum Gasteiger partial charge on any atom is -0.400 e. The zero-order valence-electron chi connectivity index (χ0n) is 68.6. The molecule has 43 heteroatoms. The summed E-state index contributed by atoms with van der Waals surface area (Å²) < 4.78 is 14.0. The Hall–Kier alpha value is -9.82. The van der Waals surface area contributed by atoms with Crippen LogP contribution in [0.4, 0.5) is 46.7 Å². The summed E-state index contributed by atoms with van der Waals surface area (Å²) >= 11 is 17.3. The average molecular weight is 1780 g/mol. The Kier molecular flexibility index (Phi) is 39.1. The maximum atomic E-state index is 9.94. The molecule has 0 radical (unpaired) electrons. The van der Waals surface area contributed by atoms with Crippen molar-refractivity contribution in [3.8, 4) is 0 Å². The monoisotopic (exact) mass is 1770 g/mol. The Morgan fingerprint density at radius 1 is 0.480 bits per heavy atom. The number of aromatic nitrogens is 19. The molecule has 11 aromatic rings. The highest BCUT2D eigenvalue weighted by molar-refractivity contribution is 6.34. The van der Waals surface area contributed by atoms with Gasteiger partial charge in [0.15, 0.2) is 28.0 Å². The molecule has 11 aromatic heterocycles. The number of aliphatic hydroxyl groups is 8. The lowest BCUT2D eigenvalue weighted by Gasteiger charge is -2.27. The number of rotatable bonds is 18. The first kappa shape index (κ1) is 97.0. The van der Waals surface area contributed by atoms with Gasteiger partial charge in [-0.25, -0.2) is 48.6 Å². The fourth-order valence-corrected chi connectivity index (χ4v) is 16.7. The van der Waals surface area contributed by atoms with E-state index in [-0.39, 0.29) is 32.1 Å². The summed E-state index contributed by atoms with van der Waals surface area (Å²) in [5.41, 5.74) is 19.3. The number of hydrogen-bond acceptors (Lipinski definition) is 30. The summed E-state index contributed by atoms with van der Waals surface area (Å²) in [7, 11) is 1.00. The summed E-state index contributed by atoms with van der Waals surface area (Å²) in [6.07, 6.45) is 48.4. The fraction of sp³-hybridized carbons (Fsp3) is 0.588. The molecule has 13 heterocycles. The van der Waals surface area contributed by atoms with Crippen LogP contribution in [0.25, 0.3) is 16.6 Å². The van der Waals surface area contributed by atoms with Crippen molar-refractivity contribution >= 4 is 98.0 Å². The Morgan fingerprint density at radius 2 is 0.886 bits per heavy atom. The summed E-state index contributed by atoms with van der Waals surface area (Å²) in [6.45, 7) is 3.96. The maximum Gasteiger partial charge on any atom is 0.388 e. The van der Waals surface area contributed by atoms with Crippen LogP contribution in [0, 0.1) is 49.8 Å². The molecule has 123 heavy (non-hydrogen) atoms. The highest BCUT2D eigenvalue weighted by atomic mass is 35.5. The van der Waals surface area contributed by atoms with E-state index in [1.807, 2.05) is 90.7 Å². The summed E-state index contributed by atoms with van der Waals surface area (Å²) in [6, 6.07) is 14.2. The third kappa shape index (κ3) is 28.6. The van der Waals surface area contributed by atoms with E-state index in [9.17, 15) is 35.5 Å². The lowest BCUT2D eigenvalue weighted by molar-refractivity contribution is -0.542. The Morgan fingerprint density at radius 3 is 1.26 bits per heavy atom. The molecule has 2 aliphatic heterocycles. The van der Waals surface area contributed by atoms with Crippen molar-refractivity contribution in [2.75, 3.05) is 93.4 Å². The summed E-state index contributed by atoms with van der Waals surface area (Å²) in [4.78, 5) is 54.2. The fourth-order valence-electron chi connectivity index (χ4n) is 16.1. The molecule has 0 spiro atoms. The van der Waals surface area contributed by atoms with Crippen molar-refractivity contribution in [3.63, 3.8) is 0 Å². The second kappa shape index (κ2) is 49.6. The number of fused-ring (bicyclic) bond motifs is 3. The van der Waals surface area contributed by atoms with Gasteiger partial charge in [0.05, 0.1) is 44.6 Å². The van der Waals surface area contributed by atoms with Crippen molar-refractivity contribution in [2.45, 2.75) is 204 Å². The topological polar surface area (TPSA) is 545 Å². The van der Waals surface area contributed by atoms with Gasteiger partial charge in [-0.1, -0.05) is 19.0 Å². The summed E-state index contributed by atoms with van der Waals surface area (Å²) in [5, 5.41) is 113. The maximum absolute atomic E-state index is 9.94. The van der Waals surface area contributed by atoms with E-state index in [0.29, 0.717) is 145 Å². The van der Waals surface area contributed by atoms with Gasteiger partial charge < -0.3 is 107 Å². The van der Waals surface area contributed by atoms with E-state index < -0.39 is 15.8 Å². The van der Waals surface area contributed by atoms with Crippen LogP contribution in [-0.4, -0.2) is 227 Å². The third-order valence-electron chi connectivity index (χ3n) is 23.3. The van der Waals surface area contributed by atoms with E-state index in [2.05, 4.69) is 89.3 Å². The number of aliphatic hydroxyl groups excluding tert-OH is 8. The number of nitro groups is 2. The van der Waals surface area contributed by atoms with Crippen LogP contribution < -0.4 is 38.1 Å². The Labute approximate surface area is 729 Å². The molecule has 7 aliphatic rings. The van der Waals surface area contributed by atoms with Crippen LogP contribution >= 0.6 is 34.8 Å². The minimum atomic E-state index is -0.819. The number of hydrogen-bond donors (Lipinski definition) is 14. The SMILES string of the molecule is C.CO.Clc1nc(Cl)c2cccn2n1.NC1CCC(CO)CC1.Nc1cn(C2CCC(CO)CC2)cn1.Nc1cn(C2CCC(CO)CC2)cn1.O=[N+]([O-])c1cn([N+](=O)[O-])cn1.OCC1CCC(n2cnc(Nc3nc(Cl)nn4cccc34)c2)CC1.OCC1CCC(n2cnc(Nc3nc(N4CCC[C@H]4CO)nn4cccc34)c2)CC1.OC[C@@H]1CCCN1.[HH]. The molecule has 40 nitrogen and oxygen atoms in total. The van der Waals surface area contributed by atoms with E-state index in [1.165, 1.54) is 6.42 Å². The minimum absolute atomic E-state index is 0. The first-order valence-corrected chi connectivity index (χ1v) is 42.8. The molecule has 5 saturated carbocycles. The molecule has 0 unspecified atom stereocenters. The van der Waals surface area contributed by atoms with Crippen LogP contribution in [0.5, 0.6) is 0 Å². The Bertz CT molecular complexity index is 4790. The lowest BCUT2D eigenvalue weighted by atomic mass is 9.86. The van der Waals surface area contributed by atoms with Gasteiger partial charge >= 0.3 is 5.82 Å². The smallest absolute Gasteiger partial charge is 0.388 e. The van der Waals surface area contributed by atoms with E-state index in [1.54, 1.807) is 27.9 Å². The molecule has 17 N–H and O–H groups in total. The first-order valence-electron chi connectivity index (χ1n) is 41.7. The number of halogens is 3. The number of imidazole rings is 5. The van der Waals surface area contributed by atoms with Gasteiger partial charge in [-0.05, 0) is 264 Å². The van der Waals surface area contributed by atoms with E-state index in [0.717, 1.165) is 209 Å². The second-order valence-corrected chi connectivity index (χ2v) is 32.5. The van der Waals surface area contributed by atoms with Crippen LogP contribution in [0.3, 0.4) is 0 Å². The molecule has 676 valence electrons. The van der Waals surface area contributed by atoms with Crippen molar-refractivity contribution in [1.82, 2.24) is 97.0 Å². The van der Waals surface area contributed by atoms with Gasteiger partial charge in [0.25, 0.3) is 6.33 Å². The van der Waals surface area contributed by atoms with Crippen LogP contribution in [0.1, 0.15) is 187 Å². The first-order chi connectivity index (χ1) is 59.2. The predicted octanol–water partition coefficient (Wildman–Crippen LogP) is 10.4. The van der Waals surface area contributed by atoms with Crippen molar-refractivity contribution in [1.29, 1.82) is 0 Å². The van der Waals surface area contributed by atoms with Gasteiger partial charge in [-0.2, -0.15) is 9.97 Å². The summed E-state index contributed by atoms with van der Waals surface area (Å²) in [5.74, 6) is 6.56. The molecular weight excluding hydrogens is 1650 g/mol. The Balaban J connectivity index is 0.000000183. The highest BCUT2D eigenvalue weighted by Gasteiger charge is 2.30. The van der Waals surface area contributed by atoms with Gasteiger partial charge in [0.1, 0.15) is 39.8 Å². The molecular formula is C80H123Cl3N28O12. The molecule has 0 bridgehead atoms. The van der Waals surface area contributed by atoms with Crippen molar-refractivity contribution in [2.24, 2.45) is 35.3 Å². The predicted molar refractivity (Wildman–Crippen MR) is 471 cm³/mol. The molecule has 18 rings (SSSR count). The molecule has 0 aromatic carbocycles. The van der Waals surface area contributed by atoms with Crippen LogP contribution in [-0.2, 0) is 0 Å². The molecule has 0 amide bonds. The number of nitrogens with two attached hydrogens (primary N) is 3. The number of anilines is 7. The average Bonchev–Trinajstić information content (AvgIpc) is 1.63. The third-order valence-corrected chi connectivity index (χ3v) is 23.9. The van der Waals surface area contributed by atoms with Crippen molar-refractivity contribution in [3.05, 3.63) is 154 Å². The van der Waals surface area contributed by atoms with Crippen molar-refractivity contribution < 1.29 is 52.2 Å². The van der Waals surface area contributed by atoms with Gasteiger partial charge in [0, 0.05) is 128 Å². The van der Waals surface area contributed by atoms with Gasteiger partial charge in [-0.3, -0.25) is 0 Å². The van der Waals surface area contributed by atoms with E-state index in [4.69, 9.17) is 82.5 Å². The number of nitrogen functional groups attached to an aromatic ring is 2. The zero-order chi connectivity index (χ0) is 87.0. The molecule has 7 fully saturated rings. The molecule has 2 atom stereocenters. The molecule has 5 aliphatic carbocycles. The highest BCUT2D eigenvalue weighted by Crippen LogP contribution is 2.37. The van der Waals surface area contributed by atoms with Crippen LogP contribution in [0.15, 0.2) is 118 Å². The normalized spacial score (nSPS) is 22.8. The van der Waals surface area contributed by atoms with Crippen LogP contribution in [0.2, 0.25) is 15.7 Å². The van der Waals surface area contributed by atoms with Gasteiger partial charge in [0.2, 0.25) is 16.5 Å². The van der Waals surface area contributed by atoms with Gasteiger partial charge in [-0.15, -0.1) is 15.3 Å². The quantitative estimate of drug-likeness (QED) is 0.0280. The van der Waals surface area contributed by atoms with E-state index >= 15 is 0 Å². The molecule has 2 saturated heterocycles. The number of nitrogens with one attached hydrogen (secondary N) is 3.